The lowest BCUT2D eigenvalue weighted by Gasteiger charge is -2.60. The Labute approximate surface area is 190 Å². The summed E-state index contributed by atoms with van der Waals surface area (Å²) in [5, 5.41) is 24.2. The number of fused-ring (bicyclic) bond motifs is 1. The van der Waals surface area contributed by atoms with Crippen LogP contribution >= 0.6 is 11.8 Å². The lowest BCUT2D eigenvalue weighted by molar-refractivity contribution is -0.187. The number of thioether (sulfide) groups is 1. The number of hydrogen-bond donors (Lipinski definition) is 3. The van der Waals surface area contributed by atoms with Crippen LogP contribution in [0.15, 0.2) is 0 Å². The molecule has 178 valence electrons. The van der Waals surface area contributed by atoms with E-state index in [1.165, 1.54) is 0 Å². The first-order chi connectivity index (χ1) is 14.6. The van der Waals surface area contributed by atoms with E-state index in [4.69, 9.17) is 4.74 Å². The van der Waals surface area contributed by atoms with Gasteiger partial charge in [-0.05, 0) is 56.8 Å². The highest BCUT2D eigenvalue weighted by Crippen LogP contribution is 2.61. The maximum atomic E-state index is 13.1. The number of aliphatic hydroxyl groups excluding tert-OH is 2. The van der Waals surface area contributed by atoms with E-state index in [9.17, 15) is 19.8 Å². The maximum absolute atomic E-state index is 13.1. The summed E-state index contributed by atoms with van der Waals surface area (Å²) >= 11 is 1.87. The van der Waals surface area contributed by atoms with Crippen LogP contribution in [0, 0.1) is 22.7 Å². The number of carbonyl (C=O) groups is 2. The molecule has 0 spiro atoms. The Hall–Kier alpha value is -0.990. The van der Waals surface area contributed by atoms with Gasteiger partial charge in [-0.15, -0.1) is 0 Å². The summed E-state index contributed by atoms with van der Waals surface area (Å²) in [6.07, 6.45) is 1.73. The van der Waals surface area contributed by atoms with Gasteiger partial charge in [0.2, 0.25) is 5.91 Å². The molecule has 3 fully saturated rings. The van der Waals surface area contributed by atoms with Crippen LogP contribution in [-0.2, 0) is 9.53 Å². The first-order valence-corrected chi connectivity index (χ1v) is 12.9. The fraction of sp³-hybridized carbons (Fsp3) is 0.913. The monoisotopic (exact) mass is 456 g/mol. The molecule has 0 aromatic rings. The molecule has 0 aromatic heterocycles. The second kappa shape index (κ2) is 9.87. The van der Waals surface area contributed by atoms with Gasteiger partial charge in [-0.25, -0.2) is 4.79 Å². The van der Waals surface area contributed by atoms with Crippen LogP contribution in [0.5, 0.6) is 0 Å². The molecule has 2 amide bonds. The Morgan fingerprint density at radius 1 is 1.19 bits per heavy atom. The number of carbonyl (C=O) groups excluding carboxylic acids is 2. The molecule has 2 aliphatic carbocycles. The predicted molar refractivity (Wildman–Crippen MR) is 122 cm³/mol. The molecule has 3 rings (SSSR count). The molecule has 6 unspecified atom stereocenters. The van der Waals surface area contributed by atoms with E-state index in [0.29, 0.717) is 19.3 Å². The fourth-order valence-corrected chi connectivity index (χ4v) is 7.21. The lowest BCUT2D eigenvalue weighted by Crippen LogP contribution is -2.61. The molecule has 31 heavy (non-hydrogen) atoms. The largest absolute Gasteiger partial charge is 0.446 e. The number of alkyl carbamates (subject to hydrolysis) is 1. The molecule has 0 radical (unpaired) electrons. The number of aliphatic hydroxyl groups is 2. The zero-order valence-corrected chi connectivity index (χ0v) is 20.2. The van der Waals surface area contributed by atoms with E-state index < -0.39 is 17.6 Å². The van der Waals surface area contributed by atoms with Crippen LogP contribution in [0.2, 0.25) is 0 Å². The molecule has 8 heteroatoms. The van der Waals surface area contributed by atoms with Gasteiger partial charge < -0.3 is 25.2 Å². The zero-order valence-electron chi connectivity index (χ0n) is 19.4. The number of rotatable bonds is 5. The minimum absolute atomic E-state index is 0.0184. The van der Waals surface area contributed by atoms with Crippen LogP contribution in [0.4, 0.5) is 4.79 Å². The molecule has 3 N–H and O–H groups in total. The van der Waals surface area contributed by atoms with Crippen LogP contribution in [0.25, 0.3) is 0 Å². The quantitative estimate of drug-likeness (QED) is 0.588. The Morgan fingerprint density at radius 3 is 2.48 bits per heavy atom. The number of hydrogen-bond acceptors (Lipinski definition) is 6. The van der Waals surface area contributed by atoms with Crippen molar-refractivity contribution < 1.29 is 24.5 Å². The summed E-state index contributed by atoms with van der Waals surface area (Å²) in [5.74, 6) is 1.99. The van der Waals surface area contributed by atoms with Crippen molar-refractivity contribution in [2.75, 3.05) is 31.2 Å². The Balaban J connectivity index is 1.79. The van der Waals surface area contributed by atoms with E-state index in [1.807, 2.05) is 37.4 Å². The Morgan fingerprint density at radius 2 is 1.87 bits per heavy atom. The third-order valence-corrected chi connectivity index (χ3v) is 9.03. The molecule has 1 aliphatic heterocycles. The highest BCUT2D eigenvalue weighted by atomic mass is 32.2. The topological polar surface area (TPSA) is 99.1 Å². The molecule has 0 aromatic carbocycles. The van der Waals surface area contributed by atoms with Gasteiger partial charge in [-0.2, -0.15) is 11.8 Å². The van der Waals surface area contributed by atoms with Crippen molar-refractivity contribution in [2.24, 2.45) is 22.7 Å². The third-order valence-electron chi connectivity index (χ3n) is 8.09. The van der Waals surface area contributed by atoms with E-state index in [-0.39, 0.29) is 41.9 Å². The molecule has 3 aliphatic rings. The van der Waals surface area contributed by atoms with Crippen LogP contribution in [-0.4, -0.2) is 76.6 Å². The number of nitrogens with one attached hydrogen (secondary N) is 1. The van der Waals surface area contributed by atoms with Crippen molar-refractivity contribution in [3.63, 3.8) is 0 Å². The minimum Gasteiger partial charge on any atom is -0.446 e. The van der Waals surface area contributed by atoms with Gasteiger partial charge in [0.15, 0.2) is 0 Å². The summed E-state index contributed by atoms with van der Waals surface area (Å²) in [6, 6.07) is -0.0184. The molecule has 7 nitrogen and oxygen atoms in total. The average Bonchev–Trinajstić information content (AvgIpc) is 2.73. The van der Waals surface area contributed by atoms with E-state index in [1.54, 1.807) is 0 Å². The van der Waals surface area contributed by atoms with Crippen molar-refractivity contribution in [2.45, 2.75) is 78.0 Å². The van der Waals surface area contributed by atoms with Gasteiger partial charge in [0.1, 0.15) is 6.10 Å². The summed E-state index contributed by atoms with van der Waals surface area (Å²) in [7, 11) is 0. The molecular weight excluding hydrogens is 416 g/mol. The van der Waals surface area contributed by atoms with Gasteiger partial charge in [-0.1, -0.05) is 13.8 Å². The molecule has 6 atom stereocenters. The second-order valence-electron chi connectivity index (χ2n) is 10.4. The van der Waals surface area contributed by atoms with Crippen molar-refractivity contribution in [3.05, 3.63) is 0 Å². The summed E-state index contributed by atoms with van der Waals surface area (Å²) in [6.45, 7) is 9.41. The Bertz CT molecular complexity index is 656. The highest BCUT2D eigenvalue weighted by Gasteiger charge is 2.60. The van der Waals surface area contributed by atoms with Crippen molar-refractivity contribution in [3.8, 4) is 0 Å². The Kier molecular flexibility index (Phi) is 7.85. The summed E-state index contributed by atoms with van der Waals surface area (Å²) < 4.78 is 5.79. The third kappa shape index (κ3) is 5.01. The fourth-order valence-electron chi connectivity index (χ4n) is 6.31. The molecular formula is C23H40N2O5S. The summed E-state index contributed by atoms with van der Waals surface area (Å²) in [4.78, 5) is 27.3. The van der Waals surface area contributed by atoms with Gasteiger partial charge in [0, 0.05) is 42.5 Å². The lowest BCUT2D eigenvalue weighted by atomic mass is 9.46. The SMILES string of the molecule is CC(C)NC(=O)OC1CCC2(C)C(CC(=O)N3CCSCC3)C(O)CCC2C1(C)CO. The van der Waals surface area contributed by atoms with Gasteiger partial charge in [0.25, 0.3) is 0 Å². The zero-order chi connectivity index (χ0) is 22.8. The minimum atomic E-state index is -0.607. The number of nitrogens with zero attached hydrogens (tertiary/aromatic N) is 1. The number of amides is 2. The van der Waals surface area contributed by atoms with Crippen LogP contribution in [0.1, 0.15) is 59.8 Å². The molecule has 1 saturated heterocycles. The normalized spacial score (nSPS) is 38.5. The standard InChI is InChI=1S/C23H40N2O5S/c1-15(2)24-21(29)30-19-7-8-22(3)16(13-20(28)25-9-11-31-12-10-25)17(27)5-6-18(22)23(19,4)14-26/h15-19,26-27H,5-14H2,1-4H3,(H,24,29). The highest BCUT2D eigenvalue weighted by molar-refractivity contribution is 7.99. The maximum Gasteiger partial charge on any atom is 0.407 e. The van der Waals surface area contributed by atoms with Crippen molar-refractivity contribution >= 4 is 23.8 Å². The van der Waals surface area contributed by atoms with Crippen LogP contribution in [0.3, 0.4) is 0 Å². The average molecular weight is 457 g/mol. The first kappa shape index (κ1) is 24.6. The van der Waals surface area contributed by atoms with Crippen molar-refractivity contribution in [1.82, 2.24) is 10.2 Å². The molecule has 2 saturated carbocycles. The smallest absolute Gasteiger partial charge is 0.407 e. The van der Waals surface area contributed by atoms with E-state index >= 15 is 0 Å². The van der Waals surface area contributed by atoms with E-state index in [2.05, 4.69) is 12.2 Å². The van der Waals surface area contributed by atoms with Gasteiger partial charge in [-0.3, -0.25) is 4.79 Å². The predicted octanol–water partition coefficient (Wildman–Crippen LogP) is 2.64. The van der Waals surface area contributed by atoms with E-state index in [0.717, 1.165) is 37.4 Å². The first-order valence-electron chi connectivity index (χ1n) is 11.7. The molecule has 0 bridgehead atoms. The number of ether oxygens (including phenoxy) is 1. The summed E-state index contributed by atoms with van der Waals surface area (Å²) in [5.41, 5.74) is -0.895. The molecule has 1 heterocycles. The van der Waals surface area contributed by atoms with Gasteiger partial charge >= 0.3 is 6.09 Å². The second-order valence-corrected chi connectivity index (χ2v) is 11.6. The van der Waals surface area contributed by atoms with Crippen LogP contribution < -0.4 is 5.32 Å². The van der Waals surface area contributed by atoms with Crippen molar-refractivity contribution in [1.29, 1.82) is 0 Å². The van der Waals surface area contributed by atoms with Gasteiger partial charge in [0.05, 0.1) is 12.7 Å².